The van der Waals surface area contributed by atoms with Gasteiger partial charge in [0.25, 0.3) is 5.91 Å². The molecule has 0 radical (unpaired) electrons. The molecule has 0 saturated heterocycles. The molecule has 1 amide bonds. The number of amides is 1. The largest absolute Gasteiger partial charge is 0.462 e. The van der Waals surface area contributed by atoms with Gasteiger partial charge in [0, 0.05) is 17.1 Å². The standard InChI is InChI=1S/C20H21N3O5/c1-4-27-20(26)17-8-13(2)23(14(17)3)11-19(25)28-12-18(24)22-16-7-5-6-15(9-16)10-21/h5-9H,4,11-12H2,1-3H3,(H,22,24). The van der Waals surface area contributed by atoms with E-state index in [1.54, 1.807) is 49.6 Å². The lowest BCUT2D eigenvalue weighted by molar-refractivity contribution is -0.147. The normalized spacial score (nSPS) is 10.1. The Labute approximate surface area is 162 Å². The summed E-state index contributed by atoms with van der Waals surface area (Å²) in [6.07, 6.45) is 0. The highest BCUT2D eigenvalue weighted by atomic mass is 16.5. The molecular formula is C20H21N3O5. The van der Waals surface area contributed by atoms with Crippen LogP contribution in [0, 0.1) is 25.2 Å². The Morgan fingerprint density at radius 2 is 1.93 bits per heavy atom. The molecule has 0 saturated carbocycles. The molecule has 2 aromatic rings. The fourth-order valence-electron chi connectivity index (χ4n) is 2.64. The van der Waals surface area contributed by atoms with Gasteiger partial charge in [-0.25, -0.2) is 4.79 Å². The number of rotatable bonds is 7. The van der Waals surface area contributed by atoms with Gasteiger partial charge in [-0.15, -0.1) is 0 Å². The molecule has 0 unspecified atom stereocenters. The number of nitrogens with one attached hydrogen (secondary N) is 1. The molecule has 28 heavy (non-hydrogen) atoms. The van der Waals surface area contributed by atoms with E-state index in [4.69, 9.17) is 14.7 Å². The summed E-state index contributed by atoms with van der Waals surface area (Å²) in [6.45, 7) is 4.86. The minimum atomic E-state index is -0.613. The molecule has 0 spiro atoms. The van der Waals surface area contributed by atoms with Crippen LogP contribution in [0.5, 0.6) is 0 Å². The molecule has 0 bridgehead atoms. The van der Waals surface area contributed by atoms with Crippen LogP contribution in [0.1, 0.15) is 34.2 Å². The second-order valence-electron chi connectivity index (χ2n) is 5.99. The van der Waals surface area contributed by atoms with Crippen molar-refractivity contribution in [2.45, 2.75) is 27.3 Å². The van der Waals surface area contributed by atoms with Crippen molar-refractivity contribution in [3.05, 3.63) is 52.8 Å². The Balaban J connectivity index is 1.93. The van der Waals surface area contributed by atoms with Crippen LogP contribution in [0.2, 0.25) is 0 Å². The van der Waals surface area contributed by atoms with Gasteiger partial charge in [-0.1, -0.05) is 6.07 Å². The lowest BCUT2D eigenvalue weighted by atomic mass is 10.2. The van der Waals surface area contributed by atoms with Crippen LogP contribution >= 0.6 is 0 Å². The van der Waals surface area contributed by atoms with Gasteiger partial charge in [-0.3, -0.25) is 9.59 Å². The number of hydrogen-bond donors (Lipinski definition) is 1. The van der Waals surface area contributed by atoms with E-state index in [0.29, 0.717) is 28.2 Å². The van der Waals surface area contributed by atoms with Gasteiger partial charge in [0.1, 0.15) is 6.54 Å². The average Bonchev–Trinajstić information content (AvgIpc) is 2.95. The van der Waals surface area contributed by atoms with E-state index in [0.717, 1.165) is 0 Å². The second-order valence-corrected chi connectivity index (χ2v) is 5.99. The summed E-state index contributed by atoms with van der Waals surface area (Å²) < 4.78 is 11.6. The Bertz CT molecular complexity index is 940. The summed E-state index contributed by atoms with van der Waals surface area (Å²) in [5, 5.41) is 11.4. The Morgan fingerprint density at radius 1 is 1.18 bits per heavy atom. The quantitative estimate of drug-likeness (QED) is 0.735. The molecule has 8 nitrogen and oxygen atoms in total. The number of aryl methyl sites for hydroxylation is 1. The predicted octanol–water partition coefficient (Wildman–Crippen LogP) is 2.34. The SMILES string of the molecule is CCOC(=O)c1cc(C)n(CC(=O)OCC(=O)Nc2cccc(C#N)c2)c1C. The zero-order valence-electron chi connectivity index (χ0n) is 15.9. The third kappa shape index (κ3) is 5.20. The number of ether oxygens (including phenoxy) is 2. The van der Waals surface area contributed by atoms with Crippen molar-refractivity contribution in [1.29, 1.82) is 5.26 Å². The van der Waals surface area contributed by atoms with E-state index in [-0.39, 0.29) is 13.2 Å². The third-order valence-corrected chi connectivity index (χ3v) is 4.00. The van der Waals surface area contributed by atoms with Gasteiger partial charge in [-0.05, 0) is 45.0 Å². The lowest BCUT2D eigenvalue weighted by Crippen LogP contribution is -2.23. The minimum Gasteiger partial charge on any atom is -0.462 e. The molecule has 0 fully saturated rings. The van der Waals surface area contributed by atoms with E-state index < -0.39 is 24.5 Å². The van der Waals surface area contributed by atoms with E-state index in [2.05, 4.69) is 5.32 Å². The van der Waals surface area contributed by atoms with Crippen LogP contribution in [-0.4, -0.2) is 35.6 Å². The first-order chi connectivity index (χ1) is 13.3. The maximum atomic E-state index is 12.1. The number of esters is 2. The van der Waals surface area contributed by atoms with E-state index >= 15 is 0 Å². The Morgan fingerprint density at radius 3 is 2.61 bits per heavy atom. The van der Waals surface area contributed by atoms with Crippen molar-refractivity contribution in [3.8, 4) is 6.07 Å². The summed E-state index contributed by atoms with van der Waals surface area (Å²) >= 11 is 0. The molecule has 1 aromatic carbocycles. The number of benzene rings is 1. The number of hydrogen-bond acceptors (Lipinski definition) is 6. The van der Waals surface area contributed by atoms with Crippen molar-refractivity contribution in [1.82, 2.24) is 4.57 Å². The van der Waals surface area contributed by atoms with Gasteiger partial charge >= 0.3 is 11.9 Å². The Kier molecular flexibility index (Phi) is 6.93. The number of nitrogens with zero attached hydrogens (tertiary/aromatic N) is 2. The molecule has 1 heterocycles. The molecular weight excluding hydrogens is 362 g/mol. The molecule has 2 rings (SSSR count). The maximum Gasteiger partial charge on any atom is 0.339 e. The van der Waals surface area contributed by atoms with Gasteiger partial charge < -0.3 is 19.4 Å². The lowest BCUT2D eigenvalue weighted by Gasteiger charge is -2.10. The summed E-state index contributed by atoms with van der Waals surface area (Å²) in [5.74, 6) is -1.58. The summed E-state index contributed by atoms with van der Waals surface area (Å²) in [6, 6.07) is 10.0. The van der Waals surface area contributed by atoms with Crippen molar-refractivity contribution in [2.24, 2.45) is 0 Å². The fourth-order valence-corrected chi connectivity index (χ4v) is 2.64. The molecule has 1 aromatic heterocycles. The first kappa shape index (κ1) is 20.7. The first-order valence-corrected chi connectivity index (χ1v) is 8.65. The summed E-state index contributed by atoms with van der Waals surface area (Å²) in [4.78, 5) is 36.0. The first-order valence-electron chi connectivity index (χ1n) is 8.65. The van der Waals surface area contributed by atoms with Gasteiger partial charge in [0.15, 0.2) is 6.61 Å². The zero-order chi connectivity index (χ0) is 20.7. The van der Waals surface area contributed by atoms with Crippen LogP contribution in [0.15, 0.2) is 30.3 Å². The van der Waals surface area contributed by atoms with Crippen LogP contribution < -0.4 is 5.32 Å². The zero-order valence-corrected chi connectivity index (χ0v) is 15.9. The second kappa shape index (κ2) is 9.37. The van der Waals surface area contributed by atoms with Crippen molar-refractivity contribution >= 4 is 23.5 Å². The van der Waals surface area contributed by atoms with Gasteiger partial charge in [0.2, 0.25) is 0 Å². The van der Waals surface area contributed by atoms with E-state index in [1.807, 2.05) is 6.07 Å². The van der Waals surface area contributed by atoms with Gasteiger partial charge in [0.05, 0.1) is 23.8 Å². The highest BCUT2D eigenvalue weighted by molar-refractivity contribution is 5.93. The van der Waals surface area contributed by atoms with Crippen molar-refractivity contribution in [3.63, 3.8) is 0 Å². The fraction of sp³-hybridized carbons (Fsp3) is 0.300. The molecule has 0 atom stereocenters. The summed E-state index contributed by atoms with van der Waals surface area (Å²) in [5.41, 5.74) is 2.53. The predicted molar refractivity (Wildman–Crippen MR) is 101 cm³/mol. The highest BCUT2D eigenvalue weighted by Gasteiger charge is 2.19. The van der Waals surface area contributed by atoms with E-state index in [9.17, 15) is 14.4 Å². The third-order valence-electron chi connectivity index (χ3n) is 4.00. The van der Waals surface area contributed by atoms with Gasteiger partial charge in [-0.2, -0.15) is 5.26 Å². The number of carbonyl (C=O) groups excluding carboxylic acids is 3. The molecule has 1 N–H and O–H groups in total. The smallest absolute Gasteiger partial charge is 0.339 e. The van der Waals surface area contributed by atoms with E-state index in [1.165, 1.54) is 6.07 Å². The van der Waals surface area contributed by atoms with Crippen molar-refractivity contribution in [2.75, 3.05) is 18.5 Å². The molecule has 0 aliphatic carbocycles. The van der Waals surface area contributed by atoms with Crippen LogP contribution in [0.3, 0.4) is 0 Å². The Hall–Kier alpha value is -3.60. The van der Waals surface area contributed by atoms with Crippen LogP contribution in [0.4, 0.5) is 5.69 Å². The molecule has 0 aliphatic heterocycles. The number of nitriles is 1. The van der Waals surface area contributed by atoms with Crippen LogP contribution in [-0.2, 0) is 25.6 Å². The molecule has 0 aliphatic rings. The van der Waals surface area contributed by atoms with Crippen LogP contribution in [0.25, 0.3) is 0 Å². The highest BCUT2D eigenvalue weighted by Crippen LogP contribution is 2.16. The summed E-state index contributed by atoms with van der Waals surface area (Å²) in [7, 11) is 0. The minimum absolute atomic E-state index is 0.131. The topological polar surface area (TPSA) is 110 Å². The van der Waals surface area contributed by atoms with Crippen molar-refractivity contribution < 1.29 is 23.9 Å². The monoisotopic (exact) mass is 383 g/mol. The molecule has 8 heteroatoms. The number of anilines is 1. The maximum absolute atomic E-state index is 12.1. The molecule has 146 valence electrons. The number of carbonyl (C=O) groups is 3. The average molecular weight is 383 g/mol. The number of aromatic nitrogens is 1.